The van der Waals surface area contributed by atoms with Gasteiger partial charge in [-0.1, -0.05) is 19.9 Å². The smallest absolute Gasteiger partial charge is 0.366 e. The molecule has 3 aromatic rings. The van der Waals surface area contributed by atoms with E-state index in [1.165, 1.54) is 24.3 Å². The molecule has 0 radical (unpaired) electrons. The third-order valence-electron chi connectivity index (χ3n) is 4.78. The van der Waals surface area contributed by atoms with E-state index < -0.39 is 32.5 Å². The summed E-state index contributed by atoms with van der Waals surface area (Å²) in [5.74, 6) is -0.338. The maximum absolute atomic E-state index is 13.1. The van der Waals surface area contributed by atoms with Crippen LogP contribution in [0, 0.1) is 10.1 Å². The highest BCUT2D eigenvalue weighted by Crippen LogP contribution is 2.40. The predicted octanol–water partition coefficient (Wildman–Crippen LogP) is 6.19. The van der Waals surface area contributed by atoms with Gasteiger partial charge in [-0.05, 0) is 74.2 Å². The van der Waals surface area contributed by atoms with Crippen LogP contribution in [0.15, 0.2) is 63.5 Å². The van der Waals surface area contributed by atoms with E-state index in [2.05, 4.69) is 31.9 Å². The van der Waals surface area contributed by atoms with Gasteiger partial charge in [0.2, 0.25) is 0 Å². The molecule has 0 saturated heterocycles. The molecule has 0 aliphatic carbocycles. The Morgan fingerprint density at radius 2 is 1.71 bits per heavy atom. The van der Waals surface area contributed by atoms with Crippen LogP contribution in [0.3, 0.4) is 0 Å². The summed E-state index contributed by atoms with van der Waals surface area (Å²) in [6.07, 6.45) is 0. The van der Waals surface area contributed by atoms with Crippen molar-refractivity contribution in [2.45, 2.75) is 19.8 Å². The highest BCUT2D eigenvalue weighted by molar-refractivity contribution is 9.11. The Morgan fingerprint density at radius 3 is 2.26 bits per heavy atom. The van der Waals surface area contributed by atoms with Crippen molar-refractivity contribution in [2.24, 2.45) is 0 Å². The van der Waals surface area contributed by atoms with E-state index in [1.54, 1.807) is 12.1 Å². The number of non-ortho nitro benzene ring substituents is 1. The molecule has 0 bridgehead atoms. The number of phenolic OH excluding ortho intramolecular Hbond substituents is 1. The number of halogens is 2. The van der Waals surface area contributed by atoms with Crippen molar-refractivity contribution in [3.63, 3.8) is 0 Å². The average molecular weight is 630 g/mol. The minimum atomic E-state index is -5.13. The van der Waals surface area contributed by atoms with Crippen LogP contribution in [-0.2, 0) is 10.3 Å². The van der Waals surface area contributed by atoms with Crippen molar-refractivity contribution in [3.05, 3.63) is 84.8 Å². The summed E-state index contributed by atoms with van der Waals surface area (Å²) in [6, 6.07) is 11.6. The molecule has 2 N–H and O–H groups in total. The maximum Gasteiger partial charge on any atom is 0.366 e. The number of phenols is 1. The van der Waals surface area contributed by atoms with Gasteiger partial charge in [0.15, 0.2) is 5.75 Å². The quantitative estimate of drug-likeness (QED) is 0.179. The van der Waals surface area contributed by atoms with Crippen LogP contribution < -0.4 is 9.04 Å². The number of amides is 1. The third kappa shape index (κ3) is 5.99. The van der Waals surface area contributed by atoms with E-state index in [9.17, 15) is 33.0 Å². The topological polar surface area (TPSA) is 147 Å². The molecule has 0 spiro atoms. The molecule has 0 unspecified atom stereocenters. The Hall–Kier alpha value is -3.00. The SMILES string of the molecule is CC(C)c1cc(Oc2c(Br)cc(C(=O)N(c3cccc([N+](=O)[O-])c3)S(=O)(=O)O)cc2Br)ccc1O. The molecule has 184 valence electrons. The first-order valence-electron chi connectivity index (χ1n) is 9.86. The summed E-state index contributed by atoms with van der Waals surface area (Å²) in [4.78, 5) is 23.4. The van der Waals surface area contributed by atoms with Crippen molar-refractivity contribution in [2.75, 3.05) is 4.31 Å². The van der Waals surface area contributed by atoms with Crippen LogP contribution in [0.4, 0.5) is 11.4 Å². The van der Waals surface area contributed by atoms with Gasteiger partial charge < -0.3 is 9.84 Å². The lowest BCUT2D eigenvalue weighted by molar-refractivity contribution is -0.384. The van der Waals surface area contributed by atoms with Crippen molar-refractivity contribution in [1.29, 1.82) is 0 Å². The molecule has 3 rings (SSSR count). The van der Waals surface area contributed by atoms with Crippen LogP contribution in [-0.4, -0.2) is 28.9 Å². The first-order valence-corrected chi connectivity index (χ1v) is 12.8. The van der Waals surface area contributed by atoms with E-state index in [4.69, 9.17) is 4.74 Å². The van der Waals surface area contributed by atoms with Gasteiger partial charge in [0.05, 0.1) is 19.6 Å². The summed E-state index contributed by atoms with van der Waals surface area (Å²) >= 11 is 6.59. The second-order valence-electron chi connectivity index (χ2n) is 7.57. The lowest BCUT2D eigenvalue weighted by Crippen LogP contribution is -2.36. The Morgan fingerprint density at radius 1 is 1.09 bits per heavy atom. The normalized spacial score (nSPS) is 11.4. The highest BCUT2D eigenvalue weighted by atomic mass is 79.9. The molecule has 0 aromatic heterocycles. The molecule has 3 aromatic carbocycles. The number of nitro groups is 1. The van der Waals surface area contributed by atoms with Gasteiger partial charge in [0, 0.05) is 23.3 Å². The molecule has 0 aliphatic rings. The molecule has 0 heterocycles. The summed E-state index contributed by atoms with van der Waals surface area (Å²) in [5, 5.41) is 21.1. The fourth-order valence-corrected chi connectivity index (χ4v) is 5.21. The summed E-state index contributed by atoms with van der Waals surface area (Å²) in [6.45, 7) is 3.82. The lowest BCUT2D eigenvalue weighted by atomic mass is 10.0. The predicted molar refractivity (Wildman–Crippen MR) is 136 cm³/mol. The molecule has 13 heteroatoms. The fraction of sp³-hybridized carbons (Fsp3) is 0.136. The monoisotopic (exact) mass is 628 g/mol. The number of carbonyl (C=O) groups is 1. The Labute approximate surface area is 217 Å². The van der Waals surface area contributed by atoms with E-state index in [1.807, 2.05) is 13.8 Å². The van der Waals surface area contributed by atoms with Crippen molar-refractivity contribution in [3.8, 4) is 17.2 Å². The van der Waals surface area contributed by atoms with Crippen LogP contribution in [0.1, 0.15) is 35.7 Å². The first-order chi connectivity index (χ1) is 16.3. The lowest BCUT2D eigenvalue weighted by Gasteiger charge is -2.20. The maximum atomic E-state index is 13.1. The second-order valence-corrected chi connectivity index (χ2v) is 10.5. The number of aromatic hydroxyl groups is 1. The Balaban J connectivity index is 2.01. The molecule has 0 fully saturated rings. The molecular formula is C22H18Br2N2O8S. The average Bonchev–Trinajstić information content (AvgIpc) is 2.76. The zero-order valence-electron chi connectivity index (χ0n) is 18.2. The number of ether oxygens (including phenoxy) is 1. The number of hydrogen-bond donors (Lipinski definition) is 2. The standard InChI is InChI=1S/C22H18Br2N2O8S/c1-12(2)17-11-16(6-7-20(17)27)34-21-18(23)8-13(9-19(21)24)22(28)25(35(31,32)33)14-4-3-5-15(10-14)26(29)30/h3-12,27H,1-2H3,(H,31,32,33). The van der Waals surface area contributed by atoms with E-state index in [0.717, 1.165) is 18.2 Å². The number of anilines is 1. The Bertz CT molecular complexity index is 1400. The van der Waals surface area contributed by atoms with Gasteiger partial charge in [-0.25, -0.2) is 0 Å². The zero-order chi connectivity index (χ0) is 26.1. The minimum absolute atomic E-state index is 0.0330. The highest BCUT2D eigenvalue weighted by Gasteiger charge is 2.31. The summed E-state index contributed by atoms with van der Waals surface area (Å²) < 4.78 is 40.3. The summed E-state index contributed by atoms with van der Waals surface area (Å²) in [5.41, 5.74) is -0.384. The molecule has 0 aliphatic heterocycles. The van der Waals surface area contributed by atoms with Crippen LogP contribution in [0.2, 0.25) is 0 Å². The van der Waals surface area contributed by atoms with Crippen molar-refractivity contribution in [1.82, 2.24) is 0 Å². The van der Waals surface area contributed by atoms with Gasteiger partial charge >= 0.3 is 10.3 Å². The summed E-state index contributed by atoms with van der Waals surface area (Å²) in [7, 11) is -5.13. The molecule has 0 saturated carbocycles. The van der Waals surface area contributed by atoms with Gasteiger partial charge in [0.1, 0.15) is 11.5 Å². The van der Waals surface area contributed by atoms with E-state index in [-0.39, 0.29) is 36.2 Å². The molecule has 35 heavy (non-hydrogen) atoms. The number of nitro benzene ring substituents is 1. The van der Waals surface area contributed by atoms with Crippen LogP contribution in [0.5, 0.6) is 17.2 Å². The van der Waals surface area contributed by atoms with Crippen LogP contribution >= 0.6 is 31.9 Å². The van der Waals surface area contributed by atoms with Crippen molar-refractivity contribution >= 4 is 59.4 Å². The van der Waals surface area contributed by atoms with Gasteiger partial charge in [-0.15, -0.1) is 0 Å². The number of carbonyl (C=O) groups excluding carboxylic acids is 1. The van der Waals surface area contributed by atoms with Gasteiger partial charge in [-0.2, -0.15) is 12.7 Å². The van der Waals surface area contributed by atoms with E-state index >= 15 is 0 Å². The molecule has 0 atom stereocenters. The number of rotatable bonds is 7. The number of hydrogen-bond acceptors (Lipinski definition) is 7. The number of nitrogens with zero attached hydrogens (tertiary/aromatic N) is 2. The largest absolute Gasteiger partial charge is 0.508 e. The molecule has 1 amide bonds. The van der Waals surface area contributed by atoms with Gasteiger partial charge in [0.25, 0.3) is 11.6 Å². The second kappa shape index (κ2) is 10.3. The third-order valence-corrected chi connectivity index (χ3v) is 6.79. The molecule has 10 nitrogen and oxygen atoms in total. The minimum Gasteiger partial charge on any atom is -0.508 e. The molecular weight excluding hydrogens is 612 g/mol. The Kier molecular flexibility index (Phi) is 7.84. The van der Waals surface area contributed by atoms with E-state index in [0.29, 0.717) is 11.3 Å². The first kappa shape index (κ1) is 26.6. The van der Waals surface area contributed by atoms with Gasteiger partial charge in [-0.3, -0.25) is 19.5 Å². The van der Waals surface area contributed by atoms with Crippen LogP contribution in [0.25, 0.3) is 0 Å². The fourth-order valence-electron chi connectivity index (χ4n) is 3.16. The number of benzene rings is 3. The zero-order valence-corrected chi connectivity index (χ0v) is 22.2. The van der Waals surface area contributed by atoms with Crippen molar-refractivity contribution < 1.29 is 32.5 Å².